The maximum Gasteiger partial charge on any atom is 0.133 e. The van der Waals surface area contributed by atoms with Gasteiger partial charge in [-0.1, -0.05) is 12.1 Å². The number of hydrogen-bond acceptors (Lipinski definition) is 5. The molecule has 106 valence electrons. The Morgan fingerprint density at radius 3 is 3.00 bits per heavy atom. The molecule has 0 bridgehead atoms. The van der Waals surface area contributed by atoms with E-state index in [1.54, 1.807) is 11.3 Å². The number of fused-ring (bicyclic) bond motifs is 1. The summed E-state index contributed by atoms with van der Waals surface area (Å²) in [5, 5.41) is 2.08. The summed E-state index contributed by atoms with van der Waals surface area (Å²) in [5.74, 6) is 7.61. The molecule has 3 nitrogen and oxygen atoms in total. The molecule has 0 saturated heterocycles. The van der Waals surface area contributed by atoms with Crippen LogP contribution in [0.15, 0.2) is 45.1 Å². The van der Waals surface area contributed by atoms with E-state index in [4.69, 9.17) is 10.6 Å². The highest BCUT2D eigenvalue weighted by Gasteiger charge is 2.28. The first kappa shape index (κ1) is 14.4. The van der Waals surface area contributed by atoms with E-state index in [-0.39, 0.29) is 12.1 Å². The summed E-state index contributed by atoms with van der Waals surface area (Å²) in [6.45, 7) is 0. The van der Waals surface area contributed by atoms with Gasteiger partial charge in [-0.2, -0.15) is 0 Å². The lowest BCUT2D eigenvalue weighted by molar-refractivity contribution is 0.166. The van der Waals surface area contributed by atoms with Crippen LogP contribution in [0.2, 0.25) is 0 Å². The van der Waals surface area contributed by atoms with Gasteiger partial charge in [-0.25, -0.2) is 0 Å². The lowest BCUT2D eigenvalue weighted by Gasteiger charge is -2.31. The summed E-state index contributed by atoms with van der Waals surface area (Å²) in [5.41, 5.74) is 2.92. The van der Waals surface area contributed by atoms with E-state index in [1.165, 1.54) is 9.77 Å². The first-order chi connectivity index (χ1) is 9.78. The zero-order chi connectivity index (χ0) is 13.9. The van der Waals surface area contributed by atoms with Gasteiger partial charge < -0.3 is 4.74 Å². The second-order valence-electron chi connectivity index (χ2n) is 4.58. The van der Waals surface area contributed by atoms with E-state index in [1.807, 2.05) is 30.0 Å². The fourth-order valence-electron chi connectivity index (χ4n) is 2.20. The molecule has 0 spiro atoms. The highest BCUT2D eigenvalue weighted by atomic mass is 79.9. The molecular weight excluding hydrogens is 356 g/mol. The summed E-state index contributed by atoms with van der Waals surface area (Å²) in [6.07, 6.45) is 0.941. The van der Waals surface area contributed by atoms with Crippen molar-refractivity contribution >= 4 is 39.0 Å². The van der Waals surface area contributed by atoms with E-state index in [0.29, 0.717) is 0 Å². The van der Waals surface area contributed by atoms with Gasteiger partial charge in [-0.3, -0.25) is 11.3 Å². The number of nitrogens with one attached hydrogen (secondary N) is 1. The SMILES string of the molecule is NNC(Cc1sccc1Br)C1CSc2ccccc2O1. The Hall–Kier alpha value is -0.530. The lowest BCUT2D eigenvalue weighted by atomic mass is 10.1. The van der Waals surface area contributed by atoms with E-state index in [0.717, 1.165) is 22.4 Å². The van der Waals surface area contributed by atoms with Crippen LogP contribution < -0.4 is 16.0 Å². The third-order valence-electron chi connectivity index (χ3n) is 3.29. The zero-order valence-electron chi connectivity index (χ0n) is 10.7. The molecule has 0 aliphatic carbocycles. The van der Waals surface area contributed by atoms with Crippen molar-refractivity contribution in [2.45, 2.75) is 23.5 Å². The van der Waals surface area contributed by atoms with Crippen LogP contribution in [-0.4, -0.2) is 17.9 Å². The fraction of sp³-hybridized carbons (Fsp3) is 0.286. The first-order valence-electron chi connectivity index (χ1n) is 6.34. The monoisotopic (exact) mass is 370 g/mol. The van der Waals surface area contributed by atoms with Crippen molar-refractivity contribution < 1.29 is 4.74 Å². The number of rotatable bonds is 4. The number of hydrogen-bond donors (Lipinski definition) is 2. The van der Waals surface area contributed by atoms with E-state index < -0.39 is 0 Å². The molecule has 0 radical (unpaired) electrons. The lowest BCUT2D eigenvalue weighted by Crippen LogP contribution is -2.49. The van der Waals surface area contributed by atoms with E-state index >= 15 is 0 Å². The van der Waals surface area contributed by atoms with E-state index in [9.17, 15) is 0 Å². The fourth-order valence-corrected chi connectivity index (χ4v) is 4.85. The first-order valence-corrected chi connectivity index (χ1v) is 9.00. The van der Waals surface area contributed by atoms with Crippen LogP contribution in [0, 0.1) is 0 Å². The molecule has 2 atom stereocenters. The van der Waals surface area contributed by atoms with Crippen LogP contribution in [0.25, 0.3) is 0 Å². The molecule has 3 N–H and O–H groups in total. The Kier molecular flexibility index (Phi) is 4.68. The summed E-state index contributed by atoms with van der Waals surface area (Å²) < 4.78 is 7.24. The summed E-state index contributed by atoms with van der Waals surface area (Å²) >= 11 is 7.14. The highest BCUT2D eigenvalue weighted by molar-refractivity contribution is 9.10. The smallest absolute Gasteiger partial charge is 0.133 e. The van der Waals surface area contributed by atoms with Gasteiger partial charge in [0.15, 0.2) is 0 Å². The predicted octanol–water partition coefficient (Wildman–Crippen LogP) is 3.44. The average molecular weight is 371 g/mol. The Morgan fingerprint density at radius 1 is 1.40 bits per heavy atom. The minimum Gasteiger partial charge on any atom is -0.487 e. The van der Waals surface area contributed by atoms with Crippen LogP contribution in [-0.2, 0) is 6.42 Å². The second-order valence-corrected chi connectivity index (χ2v) is 7.50. The molecule has 2 aromatic rings. The van der Waals surface area contributed by atoms with Crippen molar-refractivity contribution in [3.63, 3.8) is 0 Å². The Morgan fingerprint density at radius 2 is 2.25 bits per heavy atom. The van der Waals surface area contributed by atoms with Crippen LogP contribution in [0.5, 0.6) is 5.75 Å². The molecule has 2 unspecified atom stereocenters. The molecule has 0 fully saturated rings. The molecule has 2 heterocycles. The number of nitrogens with two attached hydrogens (primary N) is 1. The van der Waals surface area contributed by atoms with Crippen LogP contribution in [0.3, 0.4) is 0 Å². The molecule has 0 amide bonds. The Bertz CT molecular complexity index is 590. The molecular formula is C14H15BrN2OS2. The number of thiophene rings is 1. The van der Waals surface area contributed by atoms with Gasteiger partial charge in [-0.15, -0.1) is 23.1 Å². The number of hydrazine groups is 1. The van der Waals surface area contributed by atoms with Gasteiger partial charge in [-0.05, 0) is 39.5 Å². The molecule has 1 aromatic heterocycles. The minimum absolute atomic E-state index is 0.0777. The minimum atomic E-state index is 0.0777. The normalized spacial score (nSPS) is 19.2. The van der Waals surface area contributed by atoms with Gasteiger partial charge in [0.2, 0.25) is 0 Å². The number of para-hydroxylation sites is 1. The van der Waals surface area contributed by atoms with Crippen molar-refractivity contribution in [1.82, 2.24) is 5.43 Å². The van der Waals surface area contributed by atoms with Crippen LogP contribution >= 0.6 is 39.0 Å². The van der Waals surface area contributed by atoms with Crippen molar-refractivity contribution in [3.8, 4) is 5.75 Å². The molecule has 1 aliphatic heterocycles. The van der Waals surface area contributed by atoms with Gasteiger partial charge in [0.25, 0.3) is 0 Å². The zero-order valence-corrected chi connectivity index (χ0v) is 13.9. The molecule has 0 saturated carbocycles. The van der Waals surface area contributed by atoms with E-state index in [2.05, 4.69) is 38.9 Å². The number of benzene rings is 1. The quantitative estimate of drug-likeness (QED) is 0.639. The third-order valence-corrected chi connectivity index (χ3v) is 6.38. The van der Waals surface area contributed by atoms with Crippen molar-refractivity contribution in [1.29, 1.82) is 0 Å². The molecule has 6 heteroatoms. The highest BCUT2D eigenvalue weighted by Crippen LogP contribution is 2.36. The number of ether oxygens (including phenoxy) is 1. The van der Waals surface area contributed by atoms with Crippen molar-refractivity contribution in [2.75, 3.05) is 5.75 Å². The largest absolute Gasteiger partial charge is 0.487 e. The van der Waals surface area contributed by atoms with Crippen LogP contribution in [0.1, 0.15) is 4.88 Å². The van der Waals surface area contributed by atoms with Gasteiger partial charge >= 0.3 is 0 Å². The number of halogens is 1. The third kappa shape index (κ3) is 3.04. The average Bonchev–Trinajstić information content (AvgIpc) is 2.89. The van der Waals surface area contributed by atoms with Gasteiger partial charge in [0, 0.05) is 26.4 Å². The summed E-state index contributed by atoms with van der Waals surface area (Å²) in [4.78, 5) is 2.50. The van der Waals surface area contributed by atoms with Gasteiger partial charge in [0.1, 0.15) is 11.9 Å². The maximum atomic E-state index is 6.10. The van der Waals surface area contributed by atoms with Gasteiger partial charge in [0.05, 0.1) is 6.04 Å². The Labute approximate surface area is 135 Å². The molecule has 1 aromatic carbocycles. The molecule has 1 aliphatic rings. The van der Waals surface area contributed by atoms with Crippen LogP contribution in [0.4, 0.5) is 0 Å². The maximum absolute atomic E-state index is 6.10. The Balaban J connectivity index is 1.73. The second kappa shape index (κ2) is 6.49. The number of thioether (sulfide) groups is 1. The van der Waals surface area contributed by atoms with Crippen molar-refractivity contribution in [3.05, 3.63) is 45.1 Å². The molecule has 3 rings (SSSR count). The summed E-state index contributed by atoms with van der Waals surface area (Å²) in [6, 6.07) is 10.3. The predicted molar refractivity (Wildman–Crippen MR) is 88.4 cm³/mol. The van der Waals surface area contributed by atoms with Crippen molar-refractivity contribution in [2.24, 2.45) is 5.84 Å². The molecule has 20 heavy (non-hydrogen) atoms. The topological polar surface area (TPSA) is 47.3 Å². The summed E-state index contributed by atoms with van der Waals surface area (Å²) in [7, 11) is 0. The standard InChI is InChI=1S/C14H15BrN2OS2/c15-9-5-6-19-14(9)7-10(17-16)12-8-20-13-4-2-1-3-11(13)18-12/h1-6,10,12,17H,7-8,16H2.